The Bertz CT molecular complexity index is 935. The molecular weight excluding hydrogens is 446 g/mol. The van der Waals surface area contributed by atoms with Crippen LogP contribution in [0, 0.1) is 0 Å². The zero-order chi connectivity index (χ0) is 24.5. The molecule has 0 aliphatic carbocycles. The van der Waals surface area contributed by atoms with Crippen molar-refractivity contribution < 1.29 is 19.7 Å². The number of methoxy groups -OCH3 is 1. The number of rotatable bonds is 12. The van der Waals surface area contributed by atoms with Gasteiger partial charge in [-0.15, -0.1) is 20.4 Å². The molecule has 1 aromatic heterocycles. The number of aromatic nitrogens is 2. The van der Waals surface area contributed by atoms with Crippen LogP contribution in [0.5, 0.6) is 5.75 Å². The van der Waals surface area contributed by atoms with Crippen LogP contribution in [-0.2, 0) is 4.79 Å². The number of ether oxygens (including phenoxy) is 1. The molecule has 33 heavy (non-hydrogen) atoms. The van der Waals surface area contributed by atoms with E-state index < -0.39 is 0 Å². The van der Waals surface area contributed by atoms with Crippen molar-refractivity contribution in [3.05, 3.63) is 12.1 Å². The van der Waals surface area contributed by atoms with Gasteiger partial charge in [-0.25, -0.2) is 0 Å². The minimum Gasteiger partial charge on any atom is -0.494 e. The van der Waals surface area contributed by atoms with Gasteiger partial charge in [-0.2, -0.15) is 0 Å². The van der Waals surface area contributed by atoms with E-state index in [0.717, 1.165) is 5.13 Å². The van der Waals surface area contributed by atoms with Gasteiger partial charge in [0, 0.05) is 38.2 Å². The van der Waals surface area contributed by atoms with E-state index in [9.17, 15) is 15.0 Å². The fraction of sp³-hybridized carbons (Fsp3) is 0.571. The average molecular weight is 480 g/mol. The van der Waals surface area contributed by atoms with Crippen molar-refractivity contribution in [1.29, 1.82) is 0 Å². The third kappa shape index (κ3) is 7.07. The molecule has 0 atom stereocenters. The first-order valence-corrected chi connectivity index (χ1v) is 11.5. The standard InChI is InChI=1S/C21H33N7O4S/c1-13(2)28(14(3)4)21-26-25-20(33-21)24-23-17-12-19(32-6)18(11-16(17)22-15(5)31)27(7-9-29)8-10-30/h11-14,29-30H,7-10H2,1-6H3,(H,22,31). The third-order valence-electron chi connectivity index (χ3n) is 4.67. The van der Waals surface area contributed by atoms with E-state index in [0.29, 0.717) is 27.9 Å². The van der Waals surface area contributed by atoms with Crippen molar-refractivity contribution in [2.45, 2.75) is 46.7 Å². The fourth-order valence-corrected chi connectivity index (χ4v) is 4.36. The molecule has 0 fully saturated rings. The molecule has 0 aliphatic rings. The van der Waals surface area contributed by atoms with Gasteiger partial charge >= 0.3 is 0 Å². The van der Waals surface area contributed by atoms with Gasteiger partial charge < -0.3 is 30.1 Å². The lowest BCUT2D eigenvalue weighted by molar-refractivity contribution is -0.114. The summed E-state index contributed by atoms with van der Waals surface area (Å²) in [5.74, 6) is 0.185. The number of azo groups is 1. The molecule has 0 saturated heterocycles. The van der Waals surface area contributed by atoms with Gasteiger partial charge in [0.05, 0.1) is 31.7 Å². The molecule has 1 heterocycles. The first-order valence-electron chi connectivity index (χ1n) is 10.7. The molecule has 0 radical (unpaired) electrons. The molecular formula is C21H33N7O4S. The maximum Gasteiger partial charge on any atom is 0.253 e. The molecule has 1 amide bonds. The highest BCUT2D eigenvalue weighted by molar-refractivity contribution is 7.18. The molecule has 2 aromatic rings. The number of anilines is 3. The number of carbonyl (C=O) groups is 1. The maximum atomic E-state index is 11.8. The van der Waals surface area contributed by atoms with E-state index in [1.54, 1.807) is 17.0 Å². The number of benzene rings is 1. The van der Waals surface area contributed by atoms with E-state index in [2.05, 4.69) is 58.3 Å². The van der Waals surface area contributed by atoms with Crippen LogP contribution in [0.2, 0.25) is 0 Å². The molecule has 11 nitrogen and oxygen atoms in total. The van der Waals surface area contributed by atoms with Crippen LogP contribution < -0.4 is 19.9 Å². The summed E-state index contributed by atoms with van der Waals surface area (Å²) in [4.78, 5) is 15.7. The van der Waals surface area contributed by atoms with Crippen LogP contribution >= 0.6 is 11.3 Å². The fourth-order valence-electron chi connectivity index (χ4n) is 3.42. The zero-order valence-electron chi connectivity index (χ0n) is 19.9. The summed E-state index contributed by atoms with van der Waals surface area (Å²) in [7, 11) is 1.51. The van der Waals surface area contributed by atoms with E-state index >= 15 is 0 Å². The van der Waals surface area contributed by atoms with Crippen LogP contribution in [0.3, 0.4) is 0 Å². The lowest BCUT2D eigenvalue weighted by atomic mass is 10.2. The van der Waals surface area contributed by atoms with Crippen molar-refractivity contribution in [1.82, 2.24) is 10.2 Å². The Kier molecular flexibility index (Phi) is 9.95. The Balaban J connectivity index is 2.45. The summed E-state index contributed by atoms with van der Waals surface area (Å²) in [6, 6.07) is 3.84. The number of hydrogen-bond acceptors (Lipinski definition) is 11. The highest BCUT2D eigenvalue weighted by atomic mass is 32.1. The number of hydrogen-bond donors (Lipinski definition) is 3. The minimum atomic E-state index is -0.277. The molecule has 182 valence electrons. The summed E-state index contributed by atoms with van der Waals surface area (Å²) in [6.45, 7) is 10.1. The van der Waals surface area contributed by atoms with Crippen molar-refractivity contribution >= 4 is 44.6 Å². The first-order chi connectivity index (χ1) is 15.7. The Morgan fingerprint density at radius 2 is 1.76 bits per heavy atom. The van der Waals surface area contributed by atoms with Gasteiger partial charge in [0.25, 0.3) is 5.13 Å². The second-order valence-electron chi connectivity index (χ2n) is 7.82. The minimum absolute atomic E-state index is 0.108. The highest BCUT2D eigenvalue weighted by Crippen LogP contribution is 2.40. The average Bonchev–Trinajstić information content (AvgIpc) is 3.19. The molecule has 3 N–H and O–H groups in total. The van der Waals surface area contributed by atoms with Crippen molar-refractivity contribution in [2.24, 2.45) is 10.2 Å². The van der Waals surface area contributed by atoms with E-state index in [1.165, 1.54) is 25.4 Å². The predicted octanol–water partition coefficient (Wildman–Crippen LogP) is 3.33. The van der Waals surface area contributed by atoms with Gasteiger partial charge in [-0.05, 0) is 33.8 Å². The summed E-state index contributed by atoms with van der Waals surface area (Å²) in [6.07, 6.45) is 0. The monoisotopic (exact) mass is 479 g/mol. The Morgan fingerprint density at radius 3 is 2.27 bits per heavy atom. The van der Waals surface area contributed by atoms with Crippen LogP contribution in [0.1, 0.15) is 34.6 Å². The van der Waals surface area contributed by atoms with Gasteiger partial charge in [0.15, 0.2) is 0 Å². The summed E-state index contributed by atoms with van der Waals surface area (Å²) < 4.78 is 5.51. The number of nitrogens with zero attached hydrogens (tertiary/aromatic N) is 6. The van der Waals surface area contributed by atoms with Crippen LogP contribution in [-0.4, -0.2) is 71.8 Å². The molecule has 0 bridgehead atoms. The van der Waals surface area contributed by atoms with Crippen LogP contribution in [0.4, 0.5) is 27.3 Å². The number of aliphatic hydroxyl groups excluding tert-OH is 2. The summed E-state index contributed by atoms with van der Waals surface area (Å²) in [5, 5.41) is 39.6. The molecule has 0 aliphatic heterocycles. The smallest absolute Gasteiger partial charge is 0.253 e. The normalized spacial score (nSPS) is 11.5. The molecule has 12 heteroatoms. The predicted molar refractivity (Wildman–Crippen MR) is 131 cm³/mol. The van der Waals surface area contributed by atoms with Gasteiger partial charge in [0.1, 0.15) is 11.4 Å². The van der Waals surface area contributed by atoms with E-state index in [1.807, 2.05) is 0 Å². The highest BCUT2D eigenvalue weighted by Gasteiger charge is 2.20. The van der Waals surface area contributed by atoms with E-state index in [-0.39, 0.29) is 44.3 Å². The van der Waals surface area contributed by atoms with Crippen molar-refractivity contribution in [2.75, 3.05) is 48.5 Å². The lowest BCUT2D eigenvalue weighted by Gasteiger charge is -2.29. The molecule has 0 unspecified atom stereocenters. The Hall–Kier alpha value is -2.83. The largest absolute Gasteiger partial charge is 0.494 e. The number of nitrogens with one attached hydrogen (secondary N) is 1. The van der Waals surface area contributed by atoms with Gasteiger partial charge in [-0.3, -0.25) is 4.79 Å². The molecule has 1 aromatic carbocycles. The second-order valence-corrected chi connectivity index (χ2v) is 8.75. The van der Waals surface area contributed by atoms with Crippen molar-refractivity contribution in [3.63, 3.8) is 0 Å². The van der Waals surface area contributed by atoms with Crippen LogP contribution in [0.15, 0.2) is 22.4 Å². The third-order valence-corrected chi connectivity index (χ3v) is 5.49. The van der Waals surface area contributed by atoms with Gasteiger partial charge in [-0.1, -0.05) is 11.3 Å². The summed E-state index contributed by atoms with van der Waals surface area (Å²) in [5.41, 5.74) is 1.39. The lowest BCUT2D eigenvalue weighted by Crippen LogP contribution is -2.36. The first kappa shape index (κ1) is 26.4. The number of aliphatic hydroxyl groups is 2. The second kappa shape index (κ2) is 12.4. The van der Waals surface area contributed by atoms with Gasteiger partial charge in [0.2, 0.25) is 11.0 Å². The van der Waals surface area contributed by atoms with Crippen LogP contribution in [0.25, 0.3) is 0 Å². The number of amides is 1. The molecule has 0 saturated carbocycles. The zero-order valence-corrected chi connectivity index (χ0v) is 20.8. The topological polar surface area (TPSA) is 136 Å². The summed E-state index contributed by atoms with van der Waals surface area (Å²) >= 11 is 1.33. The Morgan fingerprint density at radius 1 is 1.12 bits per heavy atom. The molecule has 0 spiro atoms. The Labute approximate surface area is 198 Å². The SMILES string of the molecule is COc1cc(N=Nc2nnc(N(C(C)C)C(C)C)s2)c(NC(C)=O)cc1N(CCO)CCO. The number of carbonyl (C=O) groups excluding carboxylic acids is 1. The van der Waals surface area contributed by atoms with Crippen molar-refractivity contribution in [3.8, 4) is 5.75 Å². The quantitative estimate of drug-likeness (QED) is 0.394. The molecule has 2 rings (SSSR count). The maximum absolute atomic E-state index is 11.8. The van der Waals surface area contributed by atoms with E-state index in [4.69, 9.17) is 4.74 Å².